The zero-order valence-electron chi connectivity index (χ0n) is 10.1. The fraction of sp³-hybridized carbons (Fsp3) is 0.111. The first kappa shape index (κ1) is 14.8. The highest BCUT2D eigenvalue weighted by atomic mass is 32.2. The van der Waals surface area contributed by atoms with Crippen LogP contribution in [0.4, 0.5) is 5.13 Å². The fourth-order valence-corrected chi connectivity index (χ4v) is 4.01. The van der Waals surface area contributed by atoms with Crippen molar-refractivity contribution in [2.75, 3.05) is 4.72 Å². The topological polar surface area (TPSA) is 132 Å². The van der Waals surface area contributed by atoms with Crippen LogP contribution in [0.25, 0.3) is 0 Å². The van der Waals surface area contributed by atoms with E-state index in [0.29, 0.717) is 0 Å². The van der Waals surface area contributed by atoms with Gasteiger partial charge in [-0.2, -0.15) is 0 Å². The van der Waals surface area contributed by atoms with Gasteiger partial charge in [0.2, 0.25) is 15.2 Å². The number of nitrogens with zero attached hydrogens (tertiary/aromatic N) is 2. The predicted octanol–water partition coefficient (Wildman–Crippen LogP) is 0.295. The third-order valence-corrected chi connectivity index (χ3v) is 5.49. The number of hydrogen-bond acceptors (Lipinski definition) is 7. The molecule has 0 unspecified atom stereocenters. The molecule has 1 aromatic carbocycles. The number of aromatic nitrogens is 2. The summed E-state index contributed by atoms with van der Waals surface area (Å²) < 4.78 is 48.9. The van der Waals surface area contributed by atoms with E-state index in [1.807, 2.05) is 0 Å². The first-order valence-electron chi connectivity index (χ1n) is 5.12. The molecule has 2 aromatic rings. The van der Waals surface area contributed by atoms with Crippen molar-refractivity contribution in [3.8, 4) is 0 Å². The van der Waals surface area contributed by atoms with Crippen LogP contribution in [0.1, 0.15) is 5.56 Å². The Balaban J connectivity index is 2.43. The minimum Gasteiger partial charge on any atom is -0.253 e. The Kier molecular flexibility index (Phi) is 3.77. The average Bonchev–Trinajstić information content (AvgIpc) is 2.79. The Morgan fingerprint density at radius 1 is 1.25 bits per heavy atom. The third kappa shape index (κ3) is 3.12. The van der Waals surface area contributed by atoms with Crippen molar-refractivity contribution >= 4 is 36.5 Å². The van der Waals surface area contributed by atoms with Crippen molar-refractivity contribution in [1.29, 1.82) is 0 Å². The molecule has 3 N–H and O–H groups in total. The molecule has 0 saturated heterocycles. The zero-order chi connectivity index (χ0) is 15.0. The Morgan fingerprint density at radius 2 is 1.95 bits per heavy atom. The van der Waals surface area contributed by atoms with Gasteiger partial charge in [0.05, 0.1) is 9.79 Å². The van der Waals surface area contributed by atoms with Gasteiger partial charge in [-0.25, -0.2) is 22.0 Å². The molecule has 1 aromatic heterocycles. The number of rotatable bonds is 4. The van der Waals surface area contributed by atoms with E-state index in [0.717, 1.165) is 17.4 Å². The van der Waals surface area contributed by atoms with Gasteiger partial charge in [0.25, 0.3) is 10.0 Å². The number of hydrogen-bond donors (Lipinski definition) is 2. The molecule has 2 rings (SSSR count). The summed E-state index contributed by atoms with van der Waals surface area (Å²) in [7, 11) is -7.73. The van der Waals surface area contributed by atoms with Crippen molar-refractivity contribution in [1.82, 2.24) is 10.2 Å². The third-order valence-electron chi connectivity index (χ3n) is 2.35. The average molecular weight is 334 g/mol. The maximum atomic E-state index is 12.1. The van der Waals surface area contributed by atoms with Gasteiger partial charge in [0.15, 0.2) is 0 Å². The van der Waals surface area contributed by atoms with Gasteiger partial charge in [-0.15, -0.1) is 10.2 Å². The van der Waals surface area contributed by atoms with Crippen LogP contribution >= 0.6 is 11.3 Å². The minimum atomic E-state index is -3.87. The maximum Gasteiger partial charge on any atom is 0.263 e. The molecule has 0 fully saturated rings. The Morgan fingerprint density at radius 3 is 2.45 bits per heavy atom. The monoisotopic (exact) mass is 334 g/mol. The second-order valence-electron chi connectivity index (χ2n) is 3.82. The molecule has 0 amide bonds. The summed E-state index contributed by atoms with van der Waals surface area (Å²) in [6, 6.07) is 3.51. The van der Waals surface area contributed by atoms with Crippen molar-refractivity contribution in [2.45, 2.75) is 16.7 Å². The molecule has 108 valence electrons. The Hall–Kier alpha value is -1.56. The van der Waals surface area contributed by atoms with Crippen LogP contribution in [0, 0.1) is 6.92 Å². The van der Waals surface area contributed by atoms with Gasteiger partial charge in [0, 0.05) is 0 Å². The summed E-state index contributed by atoms with van der Waals surface area (Å²) in [4.78, 5) is -0.204. The molecular weight excluding hydrogens is 324 g/mol. The van der Waals surface area contributed by atoms with Gasteiger partial charge < -0.3 is 0 Å². The van der Waals surface area contributed by atoms with E-state index in [2.05, 4.69) is 14.9 Å². The smallest absolute Gasteiger partial charge is 0.253 e. The molecule has 0 saturated carbocycles. The fourth-order valence-electron chi connectivity index (χ4n) is 1.49. The maximum absolute atomic E-state index is 12.1. The summed E-state index contributed by atoms with van der Waals surface area (Å²) in [5.74, 6) is 0. The van der Waals surface area contributed by atoms with E-state index in [1.54, 1.807) is 0 Å². The number of primary sulfonamides is 1. The van der Waals surface area contributed by atoms with Crippen LogP contribution in [0.2, 0.25) is 0 Å². The second-order valence-corrected chi connectivity index (χ2v) is 7.87. The molecule has 0 aliphatic carbocycles. The van der Waals surface area contributed by atoms with Gasteiger partial charge in [0.1, 0.15) is 5.51 Å². The molecule has 0 aliphatic rings. The van der Waals surface area contributed by atoms with Crippen LogP contribution in [0.15, 0.2) is 33.5 Å². The van der Waals surface area contributed by atoms with Crippen LogP contribution in [-0.4, -0.2) is 27.0 Å². The molecule has 0 atom stereocenters. The van der Waals surface area contributed by atoms with Gasteiger partial charge in [-0.05, 0) is 30.7 Å². The molecule has 0 radical (unpaired) electrons. The first-order chi connectivity index (χ1) is 9.20. The quantitative estimate of drug-likeness (QED) is 0.826. The van der Waals surface area contributed by atoms with Crippen molar-refractivity contribution in [3.05, 3.63) is 29.3 Å². The Bertz CT molecular complexity index is 828. The summed E-state index contributed by atoms with van der Waals surface area (Å²) in [6.07, 6.45) is 0. The van der Waals surface area contributed by atoms with E-state index < -0.39 is 20.0 Å². The van der Waals surface area contributed by atoms with Gasteiger partial charge in [-0.3, -0.25) is 4.72 Å². The summed E-state index contributed by atoms with van der Waals surface area (Å²) in [6.45, 7) is 1.48. The molecule has 20 heavy (non-hydrogen) atoms. The lowest BCUT2D eigenvalue weighted by Crippen LogP contribution is -2.16. The highest BCUT2D eigenvalue weighted by Gasteiger charge is 2.20. The lowest BCUT2D eigenvalue weighted by atomic mass is 10.2. The summed E-state index contributed by atoms with van der Waals surface area (Å²) in [5, 5.41) is 12.2. The number of sulfonamides is 2. The number of nitrogens with one attached hydrogen (secondary N) is 1. The predicted molar refractivity (Wildman–Crippen MR) is 73.3 cm³/mol. The summed E-state index contributed by atoms with van der Waals surface area (Å²) in [5.41, 5.74) is 1.64. The number of aryl methyl sites for hydroxylation is 1. The summed E-state index contributed by atoms with van der Waals surface area (Å²) >= 11 is 1.03. The van der Waals surface area contributed by atoms with Gasteiger partial charge >= 0.3 is 0 Å². The largest absolute Gasteiger partial charge is 0.263 e. The highest BCUT2D eigenvalue weighted by molar-refractivity contribution is 7.93. The Labute approximate surface area is 119 Å². The number of anilines is 1. The van der Waals surface area contributed by atoms with Crippen LogP contribution in [0.3, 0.4) is 0 Å². The standard InChI is InChI=1S/C9H10N4O4S3/c1-6-4-7(19(10,14)15)2-3-8(6)20(16,17)13-9-12-11-5-18-9/h2-5H,1H3,(H,12,13)(H2,10,14,15). The lowest BCUT2D eigenvalue weighted by molar-refractivity contribution is 0.594. The molecule has 0 aliphatic heterocycles. The van der Waals surface area contributed by atoms with Crippen LogP contribution < -0.4 is 9.86 Å². The van der Waals surface area contributed by atoms with E-state index in [4.69, 9.17) is 5.14 Å². The van der Waals surface area contributed by atoms with E-state index in [9.17, 15) is 16.8 Å². The van der Waals surface area contributed by atoms with Crippen molar-refractivity contribution in [3.63, 3.8) is 0 Å². The zero-order valence-corrected chi connectivity index (χ0v) is 12.6. The molecule has 11 heteroatoms. The van der Waals surface area contributed by atoms with E-state index in [1.165, 1.54) is 24.6 Å². The van der Waals surface area contributed by atoms with E-state index in [-0.39, 0.29) is 20.5 Å². The number of nitrogens with two attached hydrogens (primary N) is 1. The second kappa shape index (κ2) is 5.09. The SMILES string of the molecule is Cc1cc(S(N)(=O)=O)ccc1S(=O)(=O)Nc1nncs1. The normalized spacial score (nSPS) is 12.3. The van der Waals surface area contributed by atoms with Crippen molar-refractivity contribution in [2.24, 2.45) is 5.14 Å². The molecule has 0 bridgehead atoms. The molecular formula is C9H10N4O4S3. The first-order valence-corrected chi connectivity index (χ1v) is 9.03. The van der Waals surface area contributed by atoms with Crippen LogP contribution in [-0.2, 0) is 20.0 Å². The molecule has 1 heterocycles. The van der Waals surface area contributed by atoms with Crippen molar-refractivity contribution < 1.29 is 16.8 Å². The molecule has 8 nitrogen and oxygen atoms in total. The van der Waals surface area contributed by atoms with Crippen LogP contribution in [0.5, 0.6) is 0 Å². The van der Waals surface area contributed by atoms with E-state index >= 15 is 0 Å². The highest BCUT2D eigenvalue weighted by Crippen LogP contribution is 2.22. The minimum absolute atomic E-state index is 0.0555. The number of benzene rings is 1. The lowest BCUT2D eigenvalue weighted by Gasteiger charge is -2.09. The molecule has 0 spiro atoms. The van der Waals surface area contributed by atoms with Gasteiger partial charge in [-0.1, -0.05) is 11.3 Å².